The molecule has 1 N–H and O–H groups in total. The fourth-order valence-corrected chi connectivity index (χ4v) is 2.07. The van der Waals surface area contributed by atoms with Gasteiger partial charge < -0.3 is 19.6 Å². The van der Waals surface area contributed by atoms with Crippen molar-refractivity contribution < 1.29 is 19.1 Å². The minimum Gasteiger partial charge on any atom is -0.495 e. The van der Waals surface area contributed by atoms with Gasteiger partial charge in [0.15, 0.2) is 6.61 Å². The molecular weight excluding hydrogens is 320 g/mol. The van der Waals surface area contributed by atoms with Gasteiger partial charge in [0.1, 0.15) is 11.5 Å². The van der Waals surface area contributed by atoms with E-state index in [0.29, 0.717) is 17.2 Å². The fourth-order valence-electron chi connectivity index (χ4n) is 2.07. The summed E-state index contributed by atoms with van der Waals surface area (Å²) in [5.41, 5.74) is 1.36. The molecule has 0 heterocycles. The van der Waals surface area contributed by atoms with Crippen LogP contribution in [0.2, 0.25) is 0 Å². The van der Waals surface area contributed by atoms with Crippen LogP contribution in [0.15, 0.2) is 53.7 Å². The number of methoxy groups -OCH3 is 1. The van der Waals surface area contributed by atoms with Crippen LogP contribution in [0.25, 0.3) is 0 Å². The number of ether oxygens (including phenoxy) is 2. The molecule has 2 rings (SSSR count). The number of nitrogens with zero attached hydrogens (tertiary/aromatic N) is 1. The van der Waals surface area contributed by atoms with Gasteiger partial charge in [0.05, 0.1) is 25.1 Å². The van der Waals surface area contributed by atoms with E-state index >= 15 is 0 Å². The van der Waals surface area contributed by atoms with Crippen LogP contribution in [0.3, 0.4) is 0 Å². The van der Waals surface area contributed by atoms with Crippen molar-refractivity contribution in [3.63, 3.8) is 0 Å². The quantitative estimate of drug-likeness (QED) is 0.589. The molecule has 0 aromatic heterocycles. The Bertz CT molecular complexity index is 729. The van der Waals surface area contributed by atoms with Crippen molar-refractivity contribution >= 4 is 17.8 Å². The smallest absolute Gasteiger partial charge is 0.265 e. The fraction of sp³-hybridized carbons (Fsp3) is 0.263. The second-order valence-corrected chi connectivity index (χ2v) is 5.46. The second-order valence-electron chi connectivity index (χ2n) is 5.46. The highest BCUT2D eigenvalue weighted by atomic mass is 16.6. The molecule has 0 bridgehead atoms. The molecule has 6 heteroatoms. The largest absolute Gasteiger partial charge is 0.495 e. The lowest BCUT2D eigenvalue weighted by molar-refractivity contribution is -0.120. The van der Waals surface area contributed by atoms with Gasteiger partial charge >= 0.3 is 0 Å². The molecular formula is C19H22N2O4. The summed E-state index contributed by atoms with van der Waals surface area (Å²) in [7, 11) is 1.54. The first-order valence-corrected chi connectivity index (χ1v) is 7.94. The number of oxime groups is 1. The van der Waals surface area contributed by atoms with Crippen molar-refractivity contribution in [3.8, 4) is 11.5 Å². The number of anilines is 1. The van der Waals surface area contributed by atoms with Gasteiger partial charge in [-0.05, 0) is 38.1 Å². The summed E-state index contributed by atoms with van der Waals surface area (Å²) in [5.74, 6) is 0.968. The van der Waals surface area contributed by atoms with E-state index in [9.17, 15) is 4.79 Å². The highest BCUT2D eigenvalue weighted by molar-refractivity contribution is 5.93. The van der Waals surface area contributed by atoms with Crippen LogP contribution in [-0.4, -0.2) is 31.9 Å². The number of benzene rings is 2. The van der Waals surface area contributed by atoms with Crippen molar-refractivity contribution in [1.82, 2.24) is 0 Å². The lowest BCUT2D eigenvalue weighted by atomic mass is 10.2. The molecule has 0 aliphatic carbocycles. The van der Waals surface area contributed by atoms with Crippen molar-refractivity contribution in [1.29, 1.82) is 0 Å². The Labute approximate surface area is 147 Å². The van der Waals surface area contributed by atoms with Gasteiger partial charge in [-0.2, -0.15) is 0 Å². The molecule has 2 aromatic carbocycles. The van der Waals surface area contributed by atoms with Gasteiger partial charge in [-0.1, -0.05) is 29.4 Å². The molecule has 1 amide bonds. The van der Waals surface area contributed by atoms with E-state index in [4.69, 9.17) is 14.3 Å². The van der Waals surface area contributed by atoms with E-state index in [1.165, 1.54) is 6.21 Å². The van der Waals surface area contributed by atoms with E-state index in [2.05, 4.69) is 10.5 Å². The topological polar surface area (TPSA) is 69.2 Å². The lowest BCUT2D eigenvalue weighted by Crippen LogP contribution is -2.17. The third-order valence-electron chi connectivity index (χ3n) is 3.12. The van der Waals surface area contributed by atoms with Gasteiger partial charge in [0, 0.05) is 5.56 Å². The Kier molecular flexibility index (Phi) is 6.83. The summed E-state index contributed by atoms with van der Waals surface area (Å²) in [6.45, 7) is 3.70. The zero-order valence-corrected chi connectivity index (χ0v) is 14.6. The van der Waals surface area contributed by atoms with E-state index < -0.39 is 0 Å². The Morgan fingerprint density at radius 1 is 1.12 bits per heavy atom. The zero-order chi connectivity index (χ0) is 18.1. The normalized spacial score (nSPS) is 10.7. The third kappa shape index (κ3) is 5.84. The summed E-state index contributed by atoms with van der Waals surface area (Å²) in [4.78, 5) is 17.0. The van der Waals surface area contributed by atoms with Crippen LogP contribution in [-0.2, 0) is 9.63 Å². The van der Waals surface area contributed by atoms with Crippen molar-refractivity contribution in [2.75, 3.05) is 19.0 Å². The SMILES string of the molecule is COc1ccccc1NC(=O)CO/N=C/c1ccccc1OC(C)C. The molecule has 132 valence electrons. The molecule has 0 aliphatic rings. The monoisotopic (exact) mass is 342 g/mol. The van der Waals surface area contributed by atoms with Gasteiger partial charge in [-0.3, -0.25) is 4.79 Å². The van der Waals surface area contributed by atoms with Crippen molar-refractivity contribution in [3.05, 3.63) is 54.1 Å². The molecule has 0 radical (unpaired) electrons. The van der Waals surface area contributed by atoms with Crippen LogP contribution in [0.5, 0.6) is 11.5 Å². The van der Waals surface area contributed by atoms with E-state index in [0.717, 1.165) is 5.56 Å². The van der Waals surface area contributed by atoms with E-state index in [1.54, 1.807) is 19.2 Å². The van der Waals surface area contributed by atoms with Gasteiger partial charge in [0.2, 0.25) is 0 Å². The molecule has 0 atom stereocenters. The number of nitrogens with one attached hydrogen (secondary N) is 1. The molecule has 2 aromatic rings. The summed E-state index contributed by atoms with van der Waals surface area (Å²) in [5, 5.41) is 6.55. The first-order valence-electron chi connectivity index (χ1n) is 7.94. The molecule has 25 heavy (non-hydrogen) atoms. The molecule has 0 aliphatic heterocycles. The van der Waals surface area contributed by atoms with Crippen LogP contribution < -0.4 is 14.8 Å². The maximum atomic E-state index is 11.9. The highest BCUT2D eigenvalue weighted by Crippen LogP contribution is 2.22. The highest BCUT2D eigenvalue weighted by Gasteiger charge is 2.07. The number of rotatable bonds is 8. The lowest BCUT2D eigenvalue weighted by Gasteiger charge is -2.11. The third-order valence-corrected chi connectivity index (χ3v) is 3.12. The van der Waals surface area contributed by atoms with Crippen LogP contribution in [0, 0.1) is 0 Å². The van der Waals surface area contributed by atoms with Gasteiger partial charge in [-0.15, -0.1) is 0 Å². The summed E-state index contributed by atoms with van der Waals surface area (Å²) < 4.78 is 10.9. The zero-order valence-electron chi connectivity index (χ0n) is 14.6. The van der Waals surface area contributed by atoms with E-state index in [-0.39, 0.29) is 18.6 Å². The summed E-state index contributed by atoms with van der Waals surface area (Å²) in [6.07, 6.45) is 1.58. The molecule has 0 fully saturated rings. The number of hydrogen-bond acceptors (Lipinski definition) is 5. The Morgan fingerprint density at radius 2 is 1.80 bits per heavy atom. The second kappa shape index (κ2) is 9.32. The Hall–Kier alpha value is -3.02. The van der Waals surface area contributed by atoms with Crippen LogP contribution in [0.4, 0.5) is 5.69 Å². The number of amides is 1. The summed E-state index contributed by atoms with van der Waals surface area (Å²) >= 11 is 0. The molecule has 0 spiro atoms. The Balaban J connectivity index is 1.88. The predicted octanol–water partition coefficient (Wildman–Crippen LogP) is 3.47. The standard InChI is InChI=1S/C19H22N2O4/c1-14(2)25-17-10-6-4-8-15(17)12-20-24-13-19(22)21-16-9-5-7-11-18(16)23-3/h4-12,14H,13H2,1-3H3,(H,21,22)/b20-12+. The van der Waals surface area contributed by atoms with Crippen molar-refractivity contribution in [2.24, 2.45) is 5.16 Å². The average Bonchev–Trinajstić information content (AvgIpc) is 2.60. The number of carbonyl (C=O) groups is 1. The minimum atomic E-state index is -0.326. The Morgan fingerprint density at radius 3 is 2.52 bits per heavy atom. The average molecular weight is 342 g/mol. The maximum absolute atomic E-state index is 11.9. The summed E-state index contributed by atoms with van der Waals surface area (Å²) in [6, 6.07) is 14.6. The molecule has 0 saturated carbocycles. The maximum Gasteiger partial charge on any atom is 0.265 e. The van der Waals surface area contributed by atoms with Crippen molar-refractivity contribution in [2.45, 2.75) is 20.0 Å². The minimum absolute atomic E-state index is 0.0575. The number of para-hydroxylation sites is 3. The molecule has 6 nitrogen and oxygen atoms in total. The molecule has 0 unspecified atom stereocenters. The predicted molar refractivity (Wildman–Crippen MR) is 97.4 cm³/mol. The first-order chi connectivity index (χ1) is 12.1. The first kappa shape index (κ1) is 18.3. The number of hydrogen-bond donors (Lipinski definition) is 1. The van der Waals surface area contributed by atoms with Crippen LogP contribution in [0.1, 0.15) is 19.4 Å². The number of carbonyl (C=O) groups excluding carboxylic acids is 1. The van der Waals surface area contributed by atoms with Crippen LogP contribution >= 0.6 is 0 Å². The van der Waals surface area contributed by atoms with Gasteiger partial charge in [0.25, 0.3) is 5.91 Å². The van der Waals surface area contributed by atoms with Gasteiger partial charge in [-0.25, -0.2) is 0 Å². The molecule has 0 saturated heterocycles. The van der Waals surface area contributed by atoms with E-state index in [1.807, 2.05) is 50.2 Å².